The molecule has 5 nitrogen and oxygen atoms in total. The largest absolute Gasteiger partial charge is 1.00 e. The Labute approximate surface area is 217 Å². The van der Waals surface area contributed by atoms with Crippen molar-refractivity contribution in [2.45, 2.75) is 14.7 Å². The molecule has 162 valence electrons. The Morgan fingerprint density at radius 3 is 1.30 bits per heavy atom. The summed E-state index contributed by atoms with van der Waals surface area (Å²) in [5.74, 6) is -2.53. The van der Waals surface area contributed by atoms with Gasteiger partial charge in [-0.05, 0) is 54.1 Å². The van der Waals surface area contributed by atoms with Crippen molar-refractivity contribution >= 4 is 22.8 Å². The number of aromatic carboxylic acids is 2. The molecule has 0 saturated heterocycles. The normalized spacial score (nSPS) is 9.48. The minimum Gasteiger partial charge on any atom is -0.870 e. The van der Waals surface area contributed by atoms with Gasteiger partial charge < -0.3 is 20.5 Å². The molecule has 4 aromatic rings. The summed E-state index contributed by atoms with van der Waals surface area (Å²) in [6.45, 7) is 0. The van der Waals surface area contributed by atoms with Crippen molar-refractivity contribution < 1.29 is 54.8 Å². The third-order valence-corrected chi connectivity index (χ3v) is 6.51. The van der Waals surface area contributed by atoms with Gasteiger partial charge in [0, 0.05) is 0 Å². The Balaban J connectivity index is 0.000000342. The molecule has 4 rings (SSSR count). The summed E-state index contributed by atoms with van der Waals surface area (Å²) in [4.78, 5) is 24.7. The maximum Gasteiger partial charge on any atom is 1.00 e. The molecule has 4 aromatic carbocycles. The van der Waals surface area contributed by atoms with Crippen molar-refractivity contribution in [2.75, 3.05) is 0 Å². The minimum atomic E-state index is -1.38. The van der Waals surface area contributed by atoms with Crippen LogP contribution in [0.2, 0.25) is 0 Å². The first-order valence-corrected chi connectivity index (χ1v) is 10.7. The van der Waals surface area contributed by atoms with Gasteiger partial charge in [0.05, 0.1) is 22.4 Å². The molecule has 0 saturated carbocycles. The Morgan fingerprint density at radius 2 is 0.970 bits per heavy atom. The average molecular weight is 469 g/mol. The molecular formula is C26H21NaO5S. The third-order valence-electron chi connectivity index (χ3n) is 4.28. The number of hydrogen-bond acceptors (Lipinski definition) is 4. The predicted octanol–water partition coefficient (Wildman–Crippen LogP) is 1.36. The van der Waals surface area contributed by atoms with Crippen LogP contribution < -0.4 is 34.7 Å². The van der Waals surface area contributed by atoms with Crippen LogP contribution in [0.5, 0.6) is 0 Å². The second-order valence-electron chi connectivity index (χ2n) is 6.42. The smallest absolute Gasteiger partial charge is 0.870 e. The van der Waals surface area contributed by atoms with Gasteiger partial charge in [0.1, 0.15) is 0 Å². The van der Waals surface area contributed by atoms with E-state index in [-0.39, 0.29) is 57.1 Å². The predicted molar refractivity (Wildman–Crippen MR) is 121 cm³/mol. The monoisotopic (exact) mass is 468 g/mol. The number of carbonyl (C=O) groups excluding carboxylic acids is 1. The number of benzene rings is 4. The summed E-state index contributed by atoms with van der Waals surface area (Å²) in [6.07, 6.45) is 0. The second-order valence-corrected chi connectivity index (χ2v) is 8.45. The van der Waals surface area contributed by atoms with Crippen molar-refractivity contribution in [3.05, 3.63) is 126 Å². The summed E-state index contributed by atoms with van der Waals surface area (Å²) in [5.41, 5.74) is -0.188. The maximum atomic E-state index is 10.4. The van der Waals surface area contributed by atoms with Crippen LogP contribution >= 0.6 is 0 Å². The van der Waals surface area contributed by atoms with Crippen molar-refractivity contribution in [2.24, 2.45) is 0 Å². The third kappa shape index (κ3) is 8.20. The molecule has 0 aliphatic carbocycles. The molecule has 0 heterocycles. The quantitative estimate of drug-likeness (QED) is 0.352. The van der Waals surface area contributed by atoms with Gasteiger partial charge in [-0.3, -0.25) is 0 Å². The van der Waals surface area contributed by atoms with E-state index in [4.69, 9.17) is 5.11 Å². The topological polar surface area (TPSA) is 107 Å². The molecule has 0 unspecified atom stereocenters. The van der Waals surface area contributed by atoms with Gasteiger partial charge in [0.2, 0.25) is 0 Å². The Morgan fingerprint density at radius 1 is 0.606 bits per heavy atom. The van der Waals surface area contributed by atoms with E-state index >= 15 is 0 Å². The van der Waals surface area contributed by atoms with E-state index in [9.17, 15) is 14.7 Å². The van der Waals surface area contributed by atoms with E-state index < -0.39 is 11.9 Å². The Hall–Kier alpha value is -2.87. The summed E-state index contributed by atoms with van der Waals surface area (Å²) in [6, 6.07) is 37.2. The molecule has 0 radical (unpaired) electrons. The number of carbonyl (C=O) groups is 2. The van der Waals surface area contributed by atoms with Gasteiger partial charge >= 0.3 is 35.5 Å². The average Bonchev–Trinajstić information content (AvgIpc) is 2.82. The van der Waals surface area contributed by atoms with E-state index in [1.165, 1.54) is 32.9 Å². The molecule has 0 fully saturated rings. The van der Waals surface area contributed by atoms with Gasteiger partial charge in [-0.15, -0.1) is 0 Å². The summed E-state index contributed by atoms with van der Waals surface area (Å²) in [5, 5.41) is 18.7. The van der Waals surface area contributed by atoms with Gasteiger partial charge in [-0.2, -0.15) is 0 Å². The van der Waals surface area contributed by atoms with E-state index in [2.05, 4.69) is 91.0 Å². The van der Waals surface area contributed by atoms with E-state index in [1.54, 1.807) is 0 Å². The van der Waals surface area contributed by atoms with Crippen LogP contribution in [0, 0.1) is 0 Å². The first kappa shape index (κ1) is 28.2. The molecular weight excluding hydrogens is 447 g/mol. The number of hydrogen-bond donors (Lipinski definition) is 1. The molecule has 0 spiro atoms. The zero-order valence-corrected chi connectivity index (χ0v) is 20.8. The first-order valence-electron chi connectivity index (χ1n) is 9.50. The maximum absolute atomic E-state index is 10.4. The zero-order chi connectivity index (χ0) is 22.1. The van der Waals surface area contributed by atoms with Crippen molar-refractivity contribution in [3.8, 4) is 0 Å². The number of carboxylic acids is 2. The molecule has 0 amide bonds. The molecule has 7 heteroatoms. The van der Waals surface area contributed by atoms with E-state index in [0.29, 0.717) is 0 Å². The fourth-order valence-corrected chi connectivity index (χ4v) is 4.96. The van der Waals surface area contributed by atoms with Gasteiger partial charge in [-0.25, -0.2) is 4.79 Å². The molecule has 33 heavy (non-hydrogen) atoms. The minimum absolute atomic E-state index is 0. The van der Waals surface area contributed by atoms with Crippen molar-refractivity contribution in [3.63, 3.8) is 0 Å². The first-order chi connectivity index (χ1) is 15.1. The molecule has 0 aliphatic heterocycles. The second kappa shape index (κ2) is 14.3. The van der Waals surface area contributed by atoms with Crippen molar-refractivity contribution in [1.29, 1.82) is 0 Å². The van der Waals surface area contributed by atoms with Crippen LogP contribution in [0.15, 0.2) is 130 Å². The number of carboxylic acid groups (broad SMARTS) is 2. The fraction of sp³-hybridized carbons (Fsp3) is 0. The fourth-order valence-electron chi connectivity index (χ4n) is 2.86. The van der Waals surface area contributed by atoms with Crippen LogP contribution in [0.4, 0.5) is 0 Å². The Bertz CT molecular complexity index is 1020. The summed E-state index contributed by atoms with van der Waals surface area (Å²) >= 11 is 0. The molecule has 0 atom stereocenters. The van der Waals surface area contributed by atoms with Crippen molar-refractivity contribution in [1.82, 2.24) is 0 Å². The molecule has 2 N–H and O–H groups in total. The standard InChI is InChI=1S/C18H15S.C8H6O4.Na.H2O/c1-4-10-16(11-5-1)19(17-12-6-2-7-13-17)18-14-8-3-9-15-18;9-7(10)5-2-1-3-6(4-5)8(11)12;;/h1-15H;1-4H,(H,9,10)(H,11,12);;1H2/q+1;;+1;/p-2. The van der Waals surface area contributed by atoms with Crippen LogP contribution in [0.25, 0.3) is 0 Å². The Kier molecular flexibility index (Phi) is 12.2. The molecule has 0 aromatic heterocycles. The molecule has 0 aliphatic rings. The van der Waals surface area contributed by atoms with E-state index in [0.717, 1.165) is 6.07 Å². The SMILES string of the molecule is O=C([O-])c1cccc(C(=O)O)c1.[Na+].[OH-].c1ccc([S+](c2ccccc2)c2ccccc2)cc1. The van der Waals surface area contributed by atoms with Crippen LogP contribution in [0.3, 0.4) is 0 Å². The summed E-state index contributed by atoms with van der Waals surface area (Å²) < 4.78 is 0. The van der Waals surface area contributed by atoms with Crippen LogP contribution in [-0.2, 0) is 10.9 Å². The van der Waals surface area contributed by atoms with Crippen LogP contribution in [-0.4, -0.2) is 22.5 Å². The van der Waals surface area contributed by atoms with Gasteiger partial charge in [-0.1, -0.05) is 66.7 Å². The van der Waals surface area contributed by atoms with E-state index in [1.807, 2.05) is 0 Å². The number of rotatable bonds is 5. The zero-order valence-electron chi connectivity index (χ0n) is 18.0. The van der Waals surface area contributed by atoms with Crippen LogP contribution in [0.1, 0.15) is 20.7 Å². The van der Waals surface area contributed by atoms with Gasteiger partial charge in [0.25, 0.3) is 0 Å². The summed E-state index contributed by atoms with van der Waals surface area (Å²) in [7, 11) is -0.0146. The van der Waals surface area contributed by atoms with Gasteiger partial charge in [0.15, 0.2) is 14.7 Å². The molecule has 0 bridgehead atoms.